The highest BCUT2D eigenvalue weighted by Crippen LogP contribution is 2.18. The molecule has 2 aromatic carbocycles. The Morgan fingerprint density at radius 1 is 1.05 bits per heavy atom. The van der Waals surface area contributed by atoms with Crippen LogP contribution in [0.4, 0.5) is 0 Å². The summed E-state index contributed by atoms with van der Waals surface area (Å²) in [7, 11) is 0. The molecule has 20 heavy (non-hydrogen) atoms. The maximum atomic E-state index is 12.0. The zero-order valence-corrected chi connectivity index (χ0v) is 12.0. The van der Waals surface area contributed by atoms with Crippen molar-refractivity contribution in [2.45, 2.75) is 19.8 Å². The number of rotatable bonds is 7. The zero-order chi connectivity index (χ0) is 14.2. The van der Waals surface area contributed by atoms with Gasteiger partial charge in [0.25, 0.3) is 0 Å². The number of amides is 1. The third-order valence-electron chi connectivity index (χ3n) is 3.33. The molecule has 0 saturated heterocycles. The summed E-state index contributed by atoms with van der Waals surface area (Å²) < 4.78 is 0. The molecule has 1 amide bonds. The summed E-state index contributed by atoms with van der Waals surface area (Å²) in [6.07, 6.45) is 1.41. The highest BCUT2D eigenvalue weighted by molar-refractivity contribution is 5.90. The minimum atomic E-state index is 0.0952. The Hall–Kier alpha value is -1.87. The average Bonchev–Trinajstić information content (AvgIpc) is 2.47. The standard InChI is InChI=1S/C17H22N2O/c1-2-18-11-6-12-19-17(20)13-15-9-5-8-14-7-3-4-10-16(14)15/h3-5,7-10,18H,2,6,11-13H2,1H3,(H,19,20). The van der Waals surface area contributed by atoms with Crippen molar-refractivity contribution in [2.24, 2.45) is 0 Å². The fraction of sp³-hybridized carbons (Fsp3) is 0.353. The minimum absolute atomic E-state index is 0.0952. The summed E-state index contributed by atoms with van der Waals surface area (Å²) in [6, 6.07) is 14.3. The Labute approximate surface area is 120 Å². The van der Waals surface area contributed by atoms with E-state index >= 15 is 0 Å². The van der Waals surface area contributed by atoms with Crippen molar-refractivity contribution >= 4 is 16.7 Å². The lowest BCUT2D eigenvalue weighted by Gasteiger charge is -2.08. The van der Waals surface area contributed by atoms with Crippen LogP contribution in [0.5, 0.6) is 0 Å². The fourth-order valence-electron chi connectivity index (χ4n) is 2.30. The van der Waals surface area contributed by atoms with Gasteiger partial charge in [0.15, 0.2) is 0 Å². The molecule has 2 rings (SSSR count). The van der Waals surface area contributed by atoms with E-state index in [1.807, 2.05) is 24.3 Å². The van der Waals surface area contributed by atoms with Crippen LogP contribution in [0.2, 0.25) is 0 Å². The number of carbonyl (C=O) groups is 1. The van der Waals surface area contributed by atoms with Crippen LogP contribution in [0, 0.1) is 0 Å². The first-order chi connectivity index (χ1) is 9.81. The van der Waals surface area contributed by atoms with Gasteiger partial charge in [-0.1, -0.05) is 49.4 Å². The predicted molar refractivity (Wildman–Crippen MR) is 83.8 cm³/mol. The topological polar surface area (TPSA) is 41.1 Å². The van der Waals surface area contributed by atoms with Crippen LogP contribution < -0.4 is 10.6 Å². The lowest BCUT2D eigenvalue weighted by atomic mass is 10.0. The van der Waals surface area contributed by atoms with E-state index < -0.39 is 0 Å². The Morgan fingerprint density at radius 3 is 2.70 bits per heavy atom. The molecule has 0 bridgehead atoms. The van der Waals surface area contributed by atoms with Crippen LogP contribution in [0.25, 0.3) is 10.8 Å². The van der Waals surface area contributed by atoms with Crippen LogP contribution >= 0.6 is 0 Å². The van der Waals surface area contributed by atoms with E-state index in [0.717, 1.165) is 37.0 Å². The molecule has 2 N–H and O–H groups in total. The molecule has 0 aliphatic heterocycles. The molecule has 0 aliphatic rings. The quantitative estimate of drug-likeness (QED) is 0.759. The van der Waals surface area contributed by atoms with E-state index in [1.54, 1.807) is 0 Å². The van der Waals surface area contributed by atoms with E-state index in [4.69, 9.17) is 0 Å². The summed E-state index contributed by atoms with van der Waals surface area (Å²) in [6.45, 7) is 4.74. The molecule has 3 nitrogen and oxygen atoms in total. The minimum Gasteiger partial charge on any atom is -0.356 e. The molecule has 0 saturated carbocycles. The highest BCUT2D eigenvalue weighted by atomic mass is 16.1. The molecule has 0 aliphatic carbocycles. The van der Waals surface area contributed by atoms with Gasteiger partial charge >= 0.3 is 0 Å². The summed E-state index contributed by atoms with van der Waals surface area (Å²) in [5.41, 5.74) is 1.09. The SMILES string of the molecule is CCNCCCNC(=O)Cc1cccc2ccccc12. The number of nitrogens with one attached hydrogen (secondary N) is 2. The number of carbonyl (C=O) groups excluding carboxylic acids is 1. The average molecular weight is 270 g/mol. The molecule has 3 heteroatoms. The first-order valence-electron chi connectivity index (χ1n) is 7.25. The Balaban J connectivity index is 1.90. The van der Waals surface area contributed by atoms with Gasteiger partial charge < -0.3 is 10.6 Å². The number of hydrogen-bond acceptors (Lipinski definition) is 2. The normalized spacial score (nSPS) is 10.7. The molecule has 0 fully saturated rings. The number of hydrogen-bond donors (Lipinski definition) is 2. The first-order valence-corrected chi connectivity index (χ1v) is 7.25. The number of fused-ring (bicyclic) bond motifs is 1. The van der Waals surface area contributed by atoms with Gasteiger partial charge in [0.05, 0.1) is 6.42 Å². The molecule has 106 valence electrons. The molecular weight excluding hydrogens is 248 g/mol. The smallest absolute Gasteiger partial charge is 0.224 e. The van der Waals surface area contributed by atoms with E-state index in [0.29, 0.717) is 6.42 Å². The molecule has 0 aromatic heterocycles. The monoisotopic (exact) mass is 270 g/mol. The maximum absolute atomic E-state index is 12.0. The zero-order valence-electron chi connectivity index (χ0n) is 12.0. The Kier molecular flexibility index (Phi) is 5.56. The van der Waals surface area contributed by atoms with Gasteiger partial charge in [0.2, 0.25) is 5.91 Å². The van der Waals surface area contributed by atoms with Gasteiger partial charge in [-0.25, -0.2) is 0 Å². The molecule has 0 atom stereocenters. The van der Waals surface area contributed by atoms with Gasteiger partial charge in [0.1, 0.15) is 0 Å². The molecule has 0 radical (unpaired) electrons. The van der Waals surface area contributed by atoms with E-state index in [9.17, 15) is 4.79 Å². The van der Waals surface area contributed by atoms with Gasteiger partial charge in [-0.2, -0.15) is 0 Å². The molecule has 2 aromatic rings. The second-order valence-electron chi connectivity index (χ2n) is 4.87. The van der Waals surface area contributed by atoms with Crippen LogP contribution in [-0.4, -0.2) is 25.5 Å². The van der Waals surface area contributed by atoms with Gasteiger partial charge in [0, 0.05) is 6.54 Å². The van der Waals surface area contributed by atoms with E-state index in [2.05, 4.69) is 35.8 Å². The van der Waals surface area contributed by atoms with Crippen LogP contribution in [0.1, 0.15) is 18.9 Å². The summed E-state index contributed by atoms with van der Waals surface area (Å²) >= 11 is 0. The largest absolute Gasteiger partial charge is 0.356 e. The van der Waals surface area contributed by atoms with Crippen LogP contribution in [0.3, 0.4) is 0 Å². The van der Waals surface area contributed by atoms with Crippen molar-refractivity contribution in [3.63, 3.8) is 0 Å². The first kappa shape index (κ1) is 14.5. The maximum Gasteiger partial charge on any atom is 0.224 e. The molecule has 0 spiro atoms. The van der Waals surface area contributed by atoms with Gasteiger partial charge in [-0.3, -0.25) is 4.79 Å². The second-order valence-corrected chi connectivity index (χ2v) is 4.87. The van der Waals surface area contributed by atoms with Crippen molar-refractivity contribution < 1.29 is 4.79 Å². The Bertz CT molecular complexity index is 560. The fourth-order valence-corrected chi connectivity index (χ4v) is 2.30. The molecule has 0 unspecified atom stereocenters. The highest BCUT2D eigenvalue weighted by Gasteiger charge is 2.05. The van der Waals surface area contributed by atoms with Gasteiger partial charge in [-0.15, -0.1) is 0 Å². The molecule has 0 heterocycles. The van der Waals surface area contributed by atoms with Crippen molar-refractivity contribution in [1.82, 2.24) is 10.6 Å². The summed E-state index contributed by atoms with van der Waals surface area (Å²) in [4.78, 5) is 12.0. The summed E-state index contributed by atoms with van der Waals surface area (Å²) in [5, 5.41) is 8.57. The van der Waals surface area contributed by atoms with Crippen LogP contribution in [-0.2, 0) is 11.2 Å². The lowest BCUT2D eigenvalue weighted by molar-refractivity contribution is -0.120. The van der Waals surface area contributed by atoms with Crippen LogP contribution in [0.15, 0.2) is 42.5 Å². The van der Waals surface area contributed by atoms with Crippen molar-refractivity contribution in [1.29, 1.82) is 0 Å². The third-order valence-corrected chi connectivity index (χ3v) is 3.33. The third kappa shape index (κ3) is 4.07. The van der Waals surface area contributed by atoms with Crippen molar-refractivity contribution in [3.05, 3.63) is 48.0 Å². The van der Waals surface area contributed by atoms with Gasteiger partial charge in [-0.05, 0) is 35.8 Å². The van der Waals surface area contributed by atoms with Crippen molar-refractivity contribution in [2.75, 3.05) is 19.6 Å². The summed E-state index contributed by atoms with van der Waals surface area (Å²) in [5.74, 6) is 0.0952. The van der Waals surface area contributed by atoms with Crippen molar-refractivity contribution in [3.8, 4) is 0 Å². The Morgan fingerprint density at radius 2 is 1.85 bits per heavy atom. The molecular formula is C17H22N2O. The van der Waals surface area contributed by atoms with E-state index in [-0.39, 0.29) is 5.91 Å². The number of benzene rings is 2. The van der Waals surface area contributed by atoms with E-state index in [1.165, 1.54) is 5.39 Å². The predicted octanol–water partition coefficient (Wildman–Crippen LogP) is 2.50. The lowest BCUT2D eigenvalue weighted by Crippen LogP contribution is -2.28. The second kappa shape index (κ2) is 7.65.